The van der Waals surface area contributed by atoms with E-state index in [4.69, 9.17) is 23.2 Å². The second-order valence-corrected chi connectivity index (χ2v) is 6.87. The smallest absolute Gasteiger partial charge is 0.148 e. The second kappa shape index (κ2) is 6.75. The Hall–Kier alpha value is -0.130. The van der Waals surface area contributed by atoms with E-state index in [-0.39, 0.29) is 11.1 Å². The number of thiophene rings is 1. The lowest BCUT2D eigenvalue weighted by Gasteiger charge is -2.19. The predicted octanol–water partition coefficient (Wildman–Crippen LogP) is 5.96. The summed E-state index contributed by atoms with van der Waals surface area (Å²) in [4.78, 5) is 0.906. The van der Waals surface area contributed by atoms with Crippen molar-refractivity contribution >= 4 is 50.5 Å². The van der Waals surface area contributed by atoms with Crippen LogP contribution >= 0.6 is 50.5 Å². The summed E-state index contributed by atoms with van der Waals surface area (Å²) in [5.74, 6) is -0.422. The van der Waals surface area contributed by atoms with E-state index in [1.807, 2.05) is 19.2 Å². The number of benzene rings is 1. The van der Waals surface area contributed by atoms with Crippen molar-refractivity contribution < 1.29 is 4.39 Å². The number of rotatable bonds is 4. The molecule has 2 rings (SSSR count). The van der Waals surface area contributed by atoms with Gasteiger partial charge in [-0.05, 0) is 46.4 Å². The second-order valence-electron chi connectivity index (χ2n) is 4.35. The molecule has 2 aromatic rings. The van der Waals surface area contributed by atoms with Crippen molar-refractivity contribution in [3.63, 3.8) is 0 Å². The zero-order valence-electron chi connectivity index (χ0n) is 10.9. The van der Waals surface area contributed by atoms with Crippen molar-refractivity contribution in [2.45, 2.75) is 19.9 Å². The zero-order valence-corrected chi connectivity index (χ0v) is 14.9. The van der Waals surface area contributed by atoms with Gasteiger partial charge in [0.2, 0.25) is 0 Å². The third-order valence-corrected chi connectivity index (χ3v) is 6.01. The van der Waals surface area contributed by atoms with Gasteiger partial charge in [-0.2, -0.15) is 0 Å². The van der Waals surface area contributed by atoms with Crippen molar-refractivity contribution in [1.29, 1.82) is 0 Å². The summed E-state index contributed by atoms with van der Waals surface area (Å²) < 4.78 is 15.0. The molecule has 0 saturated heterocycles. The van der Waals surface area contributed by atoms with Gasteiger partial charge in [0, 0.05) is 14.9 Å². The van der Waals surface area contributed by atoms with Gasteiger partial charge in [-0.15, -0.1) is 11.3 Å². The molecule has 20 heavy (non-hydrogen) atoms. The molecule has 0 saturated carbocycles. The van der Waals surface area contributed by atoms with Gasteiger partial charge in [-0.1, -0.05) is 36.2 Å². The van der Waals surface area contributed by atoms with Gasteiger partial charge in [0.25, 0.3) is 0 Å². The predicted molar refractivity (Wildman–Crippen MR) is 88.7 cm³/mol. The van der Waals surface area contributed by atoms with Gasteiger partial charge in [0.05, 0.1) is 16.1 Å². The lowest BCUT2D eigenvalue weighted by Crippen LogP contribution is -2.22. The maximum absolute atomic E-state index is 14.4. The SMILES string of the molecule is CCNC(c1ccc(Br)c(Cl)c1F)c1scc(C)c1Cl. The zero-order chi connectivity index (χ0) is 14.9. The maximum Gasteiger partial charge on any atom is 0.148 e. The molecule has 1 aromatic heterocycles. The lowest BCUT2D eigenvalue weighted by atomic mass is 10.0. The number of halogens is 4. The van der Waals surface area contributed by atoms with E-state index >= 15 is 0 Å². The molecular formula is C14H13BrCl2FNS. The monoisotopic (exact) mass is 395 g/mol. The molecule has 1 atom stereocenters. The Morgan fingerprint density at radius 2 is 2.05 bits per heavy atom. The summed E-state index contributed by atoms with van der Waals surface area (Å²) in [6.07, 6.45) is 0. The van der Waals surface area contributed by atoms with Crippen LogP contribution in [0.5, 0.6) is 0 Å². The minimum Gasteiger partial charge on any atom is -0.306 e. The highest BCUT2D eigenvalue weighted by molar-refractivity contribution is 9.10. The van der Waals surface area contributed by atoms with Crippen LogP contribution in [0.25, 0.3) is 0 Å². The van der Waals surface area contributed by atoms with E-state index in [0.29, 0.717) is 21.6 Å². The Kier molecular flexibility index (Phi) is 5.49. The van der Waals surface area contributed by atoms with Gasteiger partial charge in [-0.3, -0.25) is 0 Å². The summed E-state index contributed by atoms with van der Waals surface area (Å²) in [5, 5.41) is 6.01. The Bertz CT molecular complexity index is 630. The number of nitrogens with one attached hydrogen (secondary N) is 1. The molecule has 0 bridgehead atoms. The molecule has 0 fully saturated rings. The van der Waals surface area contributed by atoms with E-state index in [1.165, 1.54) is 11.3 Å². The molecule has 0 aliphatic rings. The Morgan fingerprint density at radius 3 is 2.60 bits per heavy atom. The van der Waals surface area contributed by atoms with Crippen LogP contribution in [0, 0.1) is 12.7 Å². The van der Waals surface area contributed by atoms with E-state index in [0.717, 1.165) is 10.4 Å². The topological polar surface area (TPSA) is 12.0 Å². The standard InChI is InChI=1S/C14H13BrCl2FNS/c1-3-19-13(14-10(16)7(2)6-20-14)8-4-5-9(15)11(17)12(8)18/h4-6,13,19H,3H2,1-2H3. The van der Waals surface area contributed by atoms with E-state index in [2.05, 4.69) is 21.2 Å². The fraction of sp³-hybridized carbons (Fsp3) is 0.286. The maximum atomic E-state index is 14.4. The normalized spacial score (nSPS) is 12.7. The van der Waals surface area contributed by atoms with Crippen LogP contribution in [0.4, 0.5) is 4.39 Å². The highest BCUT2D eigenvalue weighted by Gasteiger charge is 2.24. The summed E-state index contributed by atoms with van der Waals surface area (Å²) in [6, 6.07) is 3.18. The average molecular weight is 397 g/mol. The molecule has 1 heterocycles. The summed E-state index contributed by atoms with van der Waals surface area (Å²) in [6.45, 7) is 4.61. The van der Waals surface area contributed by atoms with Crippen LogP contribution in [-0.2, 0) is 0 Å². The van der Waals surface area contributed by atoms with Gasteiger partial charge in [-0.25, -0.2) is 4.39 Å². The van der Waals surface area contributed by atoms with Crippen molar-refractivity contribution in [2.75, 3.05) is 6.54 Å². The largest absolute Gasteiger partial charge is 0.306 e. The van der Waals surface area contributed by atoms with Crippen LogP contribution in [0.3, 0.4) is 0 Å². The van der Waals surface area contributed by atoms with Gasteiger partial charge >= 0.3 is 0 Å². The van der Waals surface area contributed by atoms with Crippen molar-refractivity contribution in [3.8, 4) is 0 Å². The Balaban J connectivity index is 2.54. The quantitative estimate of drug-likeness (QED) is 0.628. The number of hydrogen-bond donors (Lipinski definition) is 1. The summed E-state index contributed by atoms with van der Waals surface area (Å²) >= 11 is 17.0. The molecule has 0 radical (unpaired) electrons. The molecule has 0 amide bonds. The van der Waals surface area contributed by atoms with Crippen LogP contribution in [0.1, 0.15) is 29.0 Å². The van der Waals surface area contributed by atoms with Crippen molar-refractivity contribution in [3.05, 3.63) is 53.9 Å². The first-order valence-corrected chi connectivity index (χ1v) is 8.50. The third kappa shape index (κ3) is 3.04. The molecule has 1 aromatic carbocycles. The highest BCUT2D eigenvalue weighted by atomic mass is 79.9. The fourth-order valence-corrected chi connectivity index (χ4v) is 3.83. The Morgan fingerprint density at radius 1 is 1.35 bits per heavy atom. The molecule has 0 aliphatic carbocycles. The third-order valence-electron chi connectivity index (χ3n) is 2.97. The summed E-state index contributed by atoms with van der Waals surface area (Å²) in [7, 11) is 0. The van der Waals surface area contributed by atoms with Gasteiger partial charge in [0.15, 0.2) is 0 Å². The minimum absolute atomic E-state index is 0.0924. The first-order chi connectivity index (χ1) is 9.47. The molecule has 0 spiro atoms. The van der Waals surface area contributed by atoms with Crippen LogP contribution in [0.2, 0.25) is 10.0 Å². The molecule has 6 heteroatoms. The first-order valence-electron chi connectivity index (χ1n) is 6.07. The van der Waals surface area contributed by atoms with Gasteiger partial charge < -0.3 is 5.32 Å². The minimum atomic E-state index is -0.422. The molecule has 1 N–H and O–H groups in total. The molecular weight excluding hydrogens is 384 g/mol. The first kappa shape index (κ1) is 16.2. The Labute approximate surface area is 140 Å². The summed E-state index contributed by atoms with van der Waals surface area (Å²) in [5.41, 5.74) is 1.50. The highest BCUT2D eigenvalue weighted by Crippen LogP contribution is 2.39. The lowest BCUT2D eigenvalue weighted by molar-refractivity contribution is 0.563. The van der Waals surface area contributed by atoms with Crippen LogP contribution in [-0.4, -0.2) is 6.54 Å². The fourth-order valence-electron chi connectivity index (χ4n) is 1.96. The van der Waals surface area contributed by atoms with Crippen molar-refractivity contribution in [1.82, 2.24) is 5.32 Å². The van der Waals surface area contributed by atoms with E-state index in [9.17, 15) is 4.39 Å². The van der Waals surface area contributed by atoms with E-state index in [1.54, 1.807) is 12.1 Å². The number of aryl methyl sites for hydroxylation is 1. The van der Waals surface area contributed by atoms with Gasteiger partial charge in [0.1, 0.15) is 5.82 Å². The van der Waals surface area contributed by atoms with Crippen LogP contribution < -0.4 is 5.32 Å². The number of hydrogen-bond acceptors (Lipinski definition) is 2. The molecule has 1 unspecified atom stereocenters. The molecule has 1 nitrogen and oxygen atoms in total. The molecule has 0 aliphatic heterocycles. The van der Waals surface area contributed by atoms with Crippen molar-refractivity contribution in [2.24, 2.45) is 0 Å². The van der Waals surface area contributed by atoms with Crippen LogP contribution in [0.15, 0.2) is 22.0 Å². The van der Waals surface area contributed by atoms with E-state index < -0.39 is 5.82 Å². The average Bonchev–Trinajstić information content (AvgIpc) is 2.75. The molecule has 108 valence electrons.